The molecule has 1 rings (SSSR count). The highest BCUT2D eigenvalue weighted by molar-refractivity contribution is 5.94. The van der Waals surface area contributed by atoms with Crippen molar-refractivity contribution in [3.8, 4) is 0 Å². The molecule has 0 spiro atoms. The monoisotopic (exact) mass is 256 g/mol. The topological polar surface area (TPSA) is 33.2 Å². The maximum atomic E-state index is 13.5. The van der Waals surface area contributed by atoms with Gasteiger partial charge in [0.15, 0.2) is 5.82 Å². The van der Waals surface area contributed by atoms with Gasteiger partial charge in [0, 0.05) is 19.3 Å². The molecule has 0 aromatic carbocycles. The molecular formula is C13H18F2N2O. The zero-order valence-corrected chi connectivity index (χ0v) is 11.3. The summed E-state index contributed by atoms with van der Waals surface area (Å²) >= 11 is 0. The van der Waals surface area contributed by atoms with E-state index in [2.05, 4.69) is 4.98 Å². The Kier molecular flexibility index (Phi) is 4.04. The summed E-state index contributed by atoms with van der Waals surface area (Å²) in [6, 6.07) is 1.08. The first-order chi connectivity index (χ1) is 8.16. The van der Waals surface area contributed by atoms with Gasteiger partial charge < -0.3 is 4.90 Å². The van der Waals surface area contributed by atoms with Crippen molar-refractivity contribution in [1.29, 1.82) is 0 Å². The van der Waals surface area contributed by atoms with Crippen LogP contribution in [0.15, 0.2) is 12.3 Å². The predicted molar refractivity (Wildman–Crippen MR) is 65.2 cm³/mol. The quantitative estimate of drug-likeness (QED) is 0.762. The predicted octanol–water partition coefficient (Wildman–Crippen LogP) is 2.87. The third kappa shape index (κ3) is 2.83. The van der Waals surface area contributed by atoms with Crippen molar-refractivity contribution in [3.63, 3.8) is 0 Å². The maximum absolute atomic E-state index is 13.5. The van der Waals surface area contributed by atoms with Crippen LogP contribution in [0.5, 0.6) is 0 Å². The SMILES string of the molecule is CC(N(C)C(=O)c1ccnc(F)c1F)C(C)(C)C. The molecule has 0 N–H and O–H groups in total. The standard InChI is InChI=1S/C13H18F2N2O/c1-8(13(2,3)4)17(5)12(18)9-6-7-16-11(15)10(9)14/h6-8H,1-5H3. The number of hydrogen-bond acceptors (Lipinski definition) is 2. The summed E-state index contributed by atoms with van der Waals surface area (Å²) < 4.78 is 26.5. The molecule has 0 saturated heterocycles. The van der Waals surface area contributed by atoms with E-state index in [-0.39, 0.29) is 17.0 Å². The molecular weight excluding hydrogens is 238 g/mol. The molecule has 1 atom stereocenters. The van der Waals surface area contributed by atoms with Crippen LogP contribution in [0, 0.1) is 17.2 Å². The van der Waals surface area contributed by atoms with Gasteiger partial charge in [0.25, 0.3) is 5.91 Å². The highest BCUT2D eigenvalue weighted by atomic mass is 19.2. The van der Waals surface area contributed by atoms with E-state index in [1.54, 1.807) is 7.05 Å². The fourth-order valence-corrected chi connectivity index (χ4v) is 1.53. The Hall–Kier alpha value is -1.52. The van der Waals surface area contributed by atoms with Gasteiger partial charge in [0.05, 0.1) is 5.56 Å². The lowest BCUT2D eigenvalue weighted by Crippen LogP contribution is -2.43. The number of hydrogen-bond donors (Lipinski definition) is 0. The molecule has 1 amide bonds. The summed E-state index contributed by atoms with van der Waals surface area (Å²) in [6.45, 7) is 7.80. The molecule has 0 aliphatic carbocycles. The second-order valence-corrected chi connectivity index (χ2v) is 5.42. The van der Waals surface area contributed by atoms with Crippen LogP contribution in [0.3, 0.4) is 0 Å². The van der Waals surface area contributed by atoms with E-state index >= 15 is 0 Å². The summed E-state index contributed by atoms with van der Waals surface area (Å²) in [5.74, 6) is -3.00. The normalized spacial score (nSPS) is 13.3. The Morgan fingerprint density at radius 1 is 1.39 bits per heavy atom. The van der Waals surface area contributed by atoms with Gasteiger partial charge in [-0.05, 0) is 18.4 Å². The van der Waals surface area contributed by atoms with Gasteiger partial charge in [-0.2, -0.15) is 4.39 Å². The molecule has 0 fully saturated rings. The van der Waals surface area contributed by atoms with Crippen molar-refractivity contribution < 1.29 is 13.6 Å². The van der Waals surface area contributed by atoms with E-state index in [1.165, 1.54) is 11.0 Å². The van der Waals surface area contributed by atoms with Gasteiger partial charge in [-0.1, -0.05) is 20.8 Å². The fraction of sp³-hybridized carbons (Fsp3) is 0.538. The van der Waals surface area contributed by atoms with Gasteiger partial charge >= 0.3 is 0 Å². The lowest BCUT2D eigenvalue weighted by atomic mass is 9.87. The highest BCUT2D eigenvalue weighted by Crippen LogP contribution is 2.24. The Labute approximate surface area is 106 Å². The van der Waals surface area contributed by atoms with Gasteiger partial charge in [-0.25, -0.2) is 9.37 Å². The molecule has 18 heavy (non-hydrogen) atoms. The minimum absolute atomic E-state index is 0.111. The van der Waals surface area contributed by atoms with Crippen LogP contribution in [0.2, 0.25) is 0 Å². The second kappa shape index (κ2) is 5.00. The first-order valence-corrected chi connectivity index (χ1v) is 5.73. The molecule has 0 radical (unpaired) electrons. The van der Waals surface area contributed by atoms with E-state index in [4.69, 9.17) is 0 Å². The van der Waals surface area contributed by atoms with Crippen LogP contribution < -0.4 is 0 Å². The fourth-order valence-electron chi connectivity index (χ4n) is 1.53. The number of halogens is 2. The lowest BCUT2D eigenvalue weighted by molar-refractivity contribution is 0.0623. The van der Waals surface area contributed by atoms with Crippen LogP contribution >= 0.6 is 0 Å². The van der Waals surface area contributed by atoms with Crippen LogP contribution in [-0.2, 0) is 0 Å². The zero-order valence-electron chi connectivity index (χ0n) is 11.3. The van der Waals surface area contributed by atoms with Crippen LogP contribution in [0.4, 0.5) is 8.78 Å². The van der Waals surface area contributed by atoms with Crippen LogP contribution in [0.25, 0.3) is 0 Å². The number of rotatable bonds is 2. The lowest BCUT2D eigenvalue weighted by Gasteiger charge is -2.35. The molecule has 1 aromatic rings. The second-order valence-electron chi connectivity index (χ2n) is 5.42. The van der Waals surface area contributed by atoms with E-state index in [9.17, 15) is 13.6 Å². The molecule has 0 saturated carbocycles. The Morgan fingerprint density at radius 2 is 1.94 bits per heavy atom. The minimum Gasteiger partial charge on any atom is -0.338 e. The minimum atomic E-state index is -1.25. The third-order valence-corrected chi connectivity index (χ3v) is 3.23. The number of carbonyl (C=O) groups excluding carboxylic acids is 1. The Bertz CT molecular complexity index is 455. The van der Waals surface area contributed by atoms with Crippen molar-refractivity contribution in [2.24, 2.45) is 5.41 Å². The van der Waals surface area contributed by atoms with Gasteiger partial charge in [0.1, 0.15) is 0 Å². The number of nitrogens with zero attached hydrogens (tertiary/aromatic N) is 2. The van der Waals surface area contributed by atoms with Crippen molar-refractivity contribution in [2.45, 2.75) is 33.7 Å². The van der Waals surface area contributed by atoms with E-state index in [0.29, 0.717) is 0 Å². The molecule has 0 bridgehead atoms. The third-order valence-electron chi connectivity index (χ3n) is 3.23. The summed E-state index contributed by atoms with van der Waals surface area (Å²) in [6.07, 6.45) is 1.08. The van der Waals surface area contributed by atoms with Crippen molar-refractivity contribution in [2.75, 3.05) is 7.05 Å². The molecule has 5 heteroatoms. The zero-order chi connectivity index (χ0) is 14.1. The first kappa shape index (κ1) is 14.5. The molecule has 0 aliphatic rings. The number of pyridine rings is 1. The first-order valence-electron chi connectivity index (χ1n) is 5.73. The molecule has 100 valence electrons. The molecule has 1 aromatic heterocycles. The van der Waals surface area contributed by atoms with Gasteiger partial charge in [-0.15, -0.1) is 0 Å². The Morgan fingerprint density at radius 3 is 2.44 bits per heavy atom. The van der Waals surface area contributed by atoms with Crippen LogP contribution in [0.1, 0.15) is 38.1 Å². The molecule has 1 heterocycles. The summed E-state index contributed by atoms with van der Waals surface area (Å²) in [5.41, 5.74) is -0.437. The maximum Gasteiger partial charge on any atom is 0.257 e. The smallest absolute Gasteiger partial charge is 0.257 e. The number of amides is 1. The largest absolute Gasteiger partial charge is 0.338 e. The molecule has 0 aliphatic heterocycles. The summed E-state index contributed by atoms with van der Waals surface area (Å²) in [4.78, 5) is 16.7. The van der Waals surface area contributed by atoms with Gasteiger partial charge in [0.2, 0.25) is 5.95 Å². The molecule has 3 nitrogen and oxygen atoms in total. The Balaban J connectivity index is 3.05. The summed E-state index contributed by atoms with van der Waals surface area (Å²) in [7, 11) is 1.58. The van der Waals surface area contributed by atoms with E-state index in [1.807, 2.05) is 27.7 Å². The van der Waals surface area contributed by atoms with Crippen molar-refractivity contribution in [3.05, 3.63) is 29.6 Å². The van der Waals surface area contributed by atoms with E-state index < -0.39 is 17.7 Å². The summed E-state index contributed by atoms with van der Waals surface area (Å²) in [5, 5.41) is 0. The van der Waals surface area contributed by atoms with Gasteiger partial charge in [-0.3, -0.25) is 4.79 Å². The number of aromatic nitrogens is 1. The number of carbonyl (C=O) groups is 1. The average Bonchev–Trinajstić information content (AvgIpc) is 2.28. The average molecular weight is 256 g/mol. The highest BCUT2D eigenvalue weighted by Gasteiger charge is 2.29. The van der Waals surface area contributed by atoms with Crippen molar-refractivity contribution >= 4 is 5.91 Å². The molecule has 1 unspecified atom stereocenters. The van der Waals surface area contributed by atoms with Crippen molar-refractivity contribution in [1.82, 2.24) is 9.88 Å². The van der Waals surface area contributed by atoms with Crippen LogP contribution in [-0.4, -0.2) is 28.9 Å². The van der Waals surface area contributed by atoms with E-state index in [0.717, 1.165) is 6.20 Å².